The first-order valence-corrected chi connectivity index (χ1v) is 7.30. The van der Waals surface area contributed by atoms with Crippen molar-refractivity contribution >= 4 is 5.82 Å². The van der Waals surface area contributed by atoms with E-state index < -0.39 is 0 Å². The summed E-state index contributed by atoms with van der Waals surface area (Å²) in [6.45, 7) is 0. The lowest BCUT2D eigenvalue weighted by molar-refractivity contribution is 0.148. The molecule has 0 spiro atoms. The van der Waals surface area contributed by atoms with Crippen LogP contribution < -0.4 is 10.1 Å². The maximum Gasteiger partial charge on any atom is 0.234 e. The summed E-state index contributed by atoms with van der Waals surface area (Å²) in [5.74, 6) is 1.48. The van der Waals surface area contributed by atoms with Crippen LogP contribution in [0.1, 0.15) is 44.9 Å². The van der Waals surface area contributed by atoms with Gasteiger partial charge in [-0.25, -0.2) is 0 Å². The SMILES string of the molecule is C1=CCC(Nc2cncc(OC3CCCCC3)n2)C1. The van der Waals surface area contributed by atoms with Crippen molar-refractivity contribution in [1.82, 2.24) is 9.97 Å². The van der Waals surface area contributed by atoms with Crippen LogP contribution in [0.2, 0.25) is 0 Å². The first-order chi connectivity index (χ1) is 9.40. The molecule has 0 amide bonds. The minimum atomic E-state index is 0.325. The van der Waals surface area contributed by atoms with Gasteiger partial charge in [-0.2, -0.15) is 4.98 Å². The predicted molar refractivity (Wildman–Crippen MR) is 75.3 cm³/mol. The van der Waals surface area contributed by atoms with Gasteiger partial charge in [0.15, 0.2) is 0 Å². The Hall–Kier alpha value is -1.58. The molecule has 0 aromatic carbocycles. The number of hydrogen-bond donors (Lipinski definition) is 1. The summed E-state index contributed by atoms with van der Waals surface area (Å²) in [6.07, 6.45) is 16.5. The Morgan fingerprint density at radius 2 is 1.84 bits per heavy atom. The van der Waals surface area contributed by atoms with E-state index in [4.69, 9.17) is 4.74 Å². The van der Waals surface area contributed by atoms with Gasteiger partial charge < -0.3 is 10.1 Å². The number of anilines is 1. The summed E-state index contributed by atoms with van der Waals surface area (Å²) < 4.78 is 5.93. The summed E-state index contributed by atoms with van der Waals surface area (Å²) in [4.78, 5) is 8.73. The zero-order valence-electron chi connectivity index (χ0n) is 11.2. The Morgan fingerprint density at radius 1 is 1.05 bits per heavy atom. The highest BCUT2D eigenvalue weighted by Crippen LogP contribution is 2.23. The maximum atomic E-state index is 5.93. The van der Waals surface area contributed by atoms with Crippen molar-refractivity contribution in [3.8, 4) is 5.88 Å². The Balaban J connectivity index is 1.58. The molecule has 0 atom stereocenters. The highest BCUT2D eigenvalue weighted by molar-refractivity contribution is 5.35. The fraction of sp³-hybridized carbons (Fsp3) is 0.600. The molecule has 1 N–H and O–H groups in total. The van der Waals surface area contributed by atoms with E-state index in [1.165, 1.54) is 19.3 Å². The van der Waals surface area contributed by atoms with Gasteiger partial charge in [-0.1, -0.05) is 18.6 Å². The molecule has 0 saturated heterocycles. The van der Waals surface area contributed by atoms with Crippen LogP contribution in [0.5, 0.6) is 5.88 Å². The number of nitrogens with zero attached hydrogens (tertiary/aromatic N) is 2. The van der Waals surface area contributed by atoms with E-state index in [0.29, 0.717) is 18.0 Å². The molecular weight excluding hydrogens is 238 g/mol. The first kappa shape index (κ1) is 12.5. The van der Waals surface area contributed by atoms with Crippen LogP contribution in [-0.2, 0) is 0 Å². The normalized spacial score (nSPS) is 20.6. The Kier molecular flexibility index (Phi) is 3.96. The van der Waals surface area contributed by atoms with Crippen LogP contribution >= 0.6 is 0 Å². The van der Waals surface area contributed by atoms with Crippen molar-refractivity contribution in [2.45, 2.75) is 57.1 Å². The van der Waals surface area contributed by atoms with Crippen LogP contribution in [0.15, 0.2) is 24.5 Å². The van der Waals surface area contributed by atoms with Crippen LogP contribution in [-0.4, -0.2) is 22.1 Å². The van der Waals surface area contributed by atoms with Crippen molar-refractivity contribution < 1.29 is 4.74 Å². The molecule has 1 heterocycles. The molecule has 0 unspecified atom stereocenters. The van der Waals surface area contributed by atoms with Gasteiger partial charge in [-0.15, -0.1) is 0 Å². The standard InChI is InChI=1S/C15H21N3O/c1-2-8-13(9-3-1)19-15-11-16-10-14(18-15)17-12-6-4-5-7-12/h4-5,10-13H,1-3,6-9H2,(H,17,18). The van der Waals surface area contributed by atoms with Gasteiger partial charge in [-0.3, -0.25) is 4.98 Å². The highest BCUT2D eigenvalue weighted by Gasteiger charge is 2.16. The zero-order chi connectivity index (χ0) is 12.9. The molecule has 2 aliphatic carbocycles. The predicted octanol–water partition coefficient (Wildman–Crippen LogP) is 3.32. The van der Waals surface area contributed by atoms with Crippen molar-refractivity contribution in [2.75, 3.05) is 5.32 Å². The van der Waals surface area contributed by atoms with Gasteiger partial charge in [0, 0.05) is 6.04 Å². The van der Waals surface area contributed by atoms with E-state index in [-0.39, 0.29) is 0 Å². The van der Waals surface area contributed by atoms with Crippen LogP contribution in [0.3, 0.4) is 0 Å². The lowest BCUT2D eigenvalue weighted by Crippen LogP contribution is -2.21. The molecule has 4 nitrogen and oxygen atoms in total. The topological polar surface area (TPSA) is 47.0 Å². The van der Waals surface area contributed by atoms with E-state index in [9.17, 15) is 0 Å². The van der Waals surface area contributed by atoms with E-state index in [2.05, 4.69) is 27.4 Å². The van der Waals surface area contributed by atoms with Gasteiger partial charge in [0.05, 0.1) is 12.4 Å². The third kappa shape index (κ3) is 3.46. The van der Waals surface area contributed by atoms with E-state index >= 15 is 0 Å². The summed E-state index contributed by atoms with van der Waals surface area (Å²) in [5.41, 5.74) is 0. The van der Waals surface area contributed by atoms with Crippen molar-refractivity contribution in [2.24, 2.45) is 0 Å². The molecule has 19 heavy (non-hydrogen) atoms. The Morgan fingerprint density at radius 3 is 2.63 bits per heavy atom. The van der Waals surface area contributed by atoms with Crippen LogP contribution in [0.4, 0.5) is 5.82 Å². The smallest absolute Gasteiger partial charge is 0.234 e. The molecule has 2 aliphatic rings. The molecule has 1 saturated carbocycles. The van der Waals surface area contributed by atoms with Crippen molar-refractivity contribution in [3.63, 3.8) is 0 Å². The van der Waals surface area contributed by atoms with Gasteiger partial charge in [0.1, 0.15) is 11.9 Å². The first-order valence-electron chi connectivity index (χ1n) is 7.30. The molecule has 0 aliphatic heterocycles. The molecule has 3 rings (SSSR count). The molecule has 1 aromatic rings. The van der Waals surface area contributed by atoms with Crippen LogP contribution in [0.25, 0.3) is 0 Å². The van der Waals surface area contributed by atoms with Gasteiger partial charge in [-0.05, 0) is 38.5 Å². The zero-order valence-corrected chi connectivity index (χ0v) is 11.2. The minimum absolute atomic E-state index is 0.325. The van der Waals surface area contributed by atoms with E-state index in [1.807, 2.05) is 0 Å². The number of ether oxygens (including phenoxy) is 1. The Bertz CT molecular complexity index is 433. The maximum absolute atomic E-state index is 5.93. The van der Waals surface area contributed by atoms with Gasteiger partial charge >= 0.3 is 0 Å². The number of hydrogen-bond acceptors (Lipinski definition) is 4. The van der Waals surface area contributed by atoms with Crippen molar-refractivity contribution in [3.05, 3.63) is 24.5 Å². The summed E-state index contributed by atoms with van der Waals surface area (Å²) >= 11 is 0. The summed E-state index contributed by atoms with van der Waals surface area (Å²) in [7, 11) is 0. The van der Waals surface area contributed by atoms with E-state index in [0.717, 1.165) is 31.5 Å². The molecular formula is C15H21N3O. The quantitative estimate of drug-likeness (QED) is 0.843. The summed E-state index contributed by atoms with van der Waals surface area (Å²) in [6, 6.07) is 0.458. The highest BCUT2D eigenvalue weighted by atomic mass is 16.5. The average Bonchev–Trinajstić information content (AvgIpc) is 2.93. The molecule has 0 radical (unpaired) electrons. The monoisotopic (exact) mass is 259 g/mol. The lowest BCUT2D eigenvalue weighted by atomic mass is 9.98. The fourth-order valence-corrected chi connectivity index (χ4v) is 2.77. The third-order valence-corrected chi connectivity index (χ3v) is 3.81. The van der Waals surface area contributed by atoms with Crippen LogP contribution in [0, 0.1) is 0 Å². The van der Waals surface area contributed by atoms with Gasteiger partial charge in [0.25, 0.3) is 0 Å². The molecule has 102 valence electrons. The fourth-order valence-electron chi connectivity index (χ4n) is 2.77. The minimum Gasteiger partial charge on any atom is -0.473 e. The molecule has 0 bridgehead atoms. The number of rotatable bonds is 4. The summed E-state index contributed by atoms with van der Waals surface area (Å²) in [5, 5.41) is 3.40. The average molecular weight is 259 g/mol. The molecule has 4 heteroatoms. The second kappa shape index (κ2) is 6.04. The largest absolute Gasteiger partial charge is 0.473 e. The van der Waals surface area contributed by atoms with Gasteiger partial charge in [0.2, 0.25) is 5.88 Å². The second-order valence-electron chi connectivity index (χ2n) is 5.40. The Labute approximate surface area is 114 Å². The lowest BCUT2D eigenvalue weighted by Gasteiger charge is -2.22. The van der Waals surface area contributed by atoms with Crippen molar-refractivity contribution in [1.29, 1.82) is 0 Å². The number of nitrogens with one attached hydrogen (secondary N) is 1. The van der Waals surface area contributed by atoms with E-state index in [1.54, 1.807) is 12.4 Å². The molecule has 1 aromatic heterocycles. The number of aromatic nitrogens is 2. The third-order valence-electron chi connectivity index (χ3n) is 3.81. The second-order valence-corrected chi connectivity index (χ2v) is 5.40. The molecule has 1 fully saturated rings.